The third-order valence-electron chi connectivity index (χ3n) is 4.13. The number of carbonyl (C=O) groups excluding carboxylic acids is 3. The summed E-state index contributed by atoms with van der Waals surface area (Å²) < 4.78 is 0. The SMILES string of the molecule is CC(=O)c1cccc(NC(=O)NC2CC(=O)N(c3ccc(Cl)cc3)C2)c1. The van der Waals surface area contributed by atoms with E-state index in [4.69, 9.17) is 11.6 Å². The van der Waals surface area contributed by atoms with Crippen molar-refractivity contribution in [1.82, 2.24) is 5.32 Å². The number of ketones is 1. The van der Waals surface area contributed by atoms with Crippen LogP contribution in [0.25, 0.3) is 0 Å². The Morgan fingerprint density at radius 1 is 1.15 bits per heavy atom. The van der Waals surface area contributed by atoms with Gasteiger partial charge in [-0.3, -0.25) is 9.59 Å². The summed E-state index contributed by atoms with van der Waals surface area (Å²) in [6, 6.07) is 13.0. The molecule has 1 fully saturated rings. The number of halogens is 1. The smallest absolute Gasteiger partial charge is 0.319 e. The normalized spacial score (nSPS) is 16.5. The number of hydrogen-bond donors (Lipinski definition) is 2. The van der Waals surface area contributed by atoms with E-state index < -0.39 is 6.03 Å². The standard InChI is InChI=1S/C19H18ClN3O3/c1-12(24)13-3-2-4-15(9-13)21-19(26)22-16-10-18(25)23(11-16)17-7-5-14(20)6-8-17/h2-9,16H,10-11H2,1H3,(H2,21,22,26). The maximum Gasteiger partial charge on any atom is 0.319 e. The van der Waals surface area contributed by atoms with Crippen LogP contribution in [0.3, 0.4) is 0 Å². The highest BCUT2D eigenvalue weighted by Crippen LogP contribution is 2.23. The Kier molecular flexibility index (Phi) is 5.23. The van der Waals surface area contributed by atoms with Crippen LogP contribution in [0.1, 0.15) is 23.7 Å². The van der Waals surface area contributed by atoms with Crippen LogP contribution in [0, 0.1) is 0 Å². The number of urea groups is 1. The molecule has 1 aliphatic rings. The Balaban J connectivity index is 1.60. The van der Waals surface area contributed by atoms with Crippen LogP contribution < -0.4 is 15.5 Å². The predicted octanol–water partition coefficient (Wildman–Crippen LogP) is 3.47. The number of benzene rings is 2. The van der Waals surface area contributed by atoms with Crippen molar-refractivity contribution in [3.05, 3.63) is 59.1 Å². The lowest BCUT2D eigenvalue weighted by molar-refractivity contribution is -0.117. The summed E-state index contributed by atoms with van der Waals surface area (Å²) in [7, 11) is 0. The van der Waals surface area contributed by atoms with E-state index in [2.05, 4.69) is 10.6 Å². The van der Waals surface area contributed by atoms with Crippen LogP contribution in [0.5, 0.6) is 0 Å². The fraction of sp³-hybridized carbons (Fsp3) is 0.211. The molecule has 6 nitrogen and oxygen atoms in total. The third-order valence-corrected chi connectivity index (χ3v) is 4.38. The maximum atomic E-state index is 12.2. The molecule has 2 N–H and O–H groups in total. The topological polar surface area (TPSA) is 78.5 Å². The summed E-state index contributed by atoms with van der Waals surface area (Å²) in [5, 5.41) is 6.08. The molecule has 0 bridgehead atoms. The van der Waals surface area contributed by atoms with Gasteiger partial charge in [-0.15, -0.1) is 0 Å². The molecule has 1 heterocycles. The van der Waals surface area contributed by atoms with E-state index in [0.717, 1.165) is 5.69 Å². The van der Waals surface area contributed by atoms with Crippen LogP contribution in [0.15, 0.2) is 48.5 Å². The van der Waals surface area contributed by atoms with Crippen molar-refractivity contribution in [2.45, 2.75) is 19.4 Å². The minimum absolute atomic E-state index is 0.0591. The largest absolute Gasteiger partial charge is 0.333 e. The Morgan fingerprint density at radius 3 is 2.58 bits per heavy atom. The summed E-state index contributed by atoms with van der Waals surface area (Å²) in [4.78, 5) is 37.4. The number of rotatable bonds is 4. The van der Waals surface area contributed by atoms with Gasteiger partial charge in [-0.05, 0) is 43.3 Å². The summed E-state index contributed by atoms with van der Waals surface area (Å²) in [6.45, 7) is 1.86. The predicted molar refractivity (Wildman–Crippen MR) is 101 cm³/mol. The van der Waals surface area contributed by atoms with Gasteiger partial charge in [0.2, 0.25) is 5.91 Å². The summed E-state index contributed by atoms with van der Waals surface area (Å²) in [6.07, 6.45) is 0.226. The van der Waals surface area contributed by atoms with Gasteiger partial charge in [0.15, 0.2) is 5.78 Å². The monoisotopic (exact) mass is 371 g/mol. The quantitative estimate of drug-likeness (QED) is 0.808. The molecule has 1 aliphatic heterocycles. The maximum absolute atomic E-state index is 12.2. The van der Waals surface area contributed by atoms with Crippen molar-refractivity contribution in [2.24, 2.45) is 0 Å². The van der Waals surface area contributed by atoms with Crippen molar-refractivity contribution < 1.29 is 14.4 Å². The minimum atomic E-state index is -0.415. The first-order valence-corrected chi connectivity index (χ1v) is 8.54. The molecule has 1 atom stereocenters. The molecule has 1 unspecified atom stereocenters. The first-order valence-electron chi connectivity index (χ1n) is 8.17. The summed E-state index contributed by atoms with van der Waals surface area (Å²) in [5.74, 6) is -0.134. The fourth-order valence-corrected chi connectivity index (χ4v) is 2.97. The summed E-state index contributed by atoms with van der Waals surface area (Å²) in [5.41, 5.74) is 1.79. The average Bonchev–Trinajstić information content (AvgIpc) is 2.95. The minimum Gasteiger partial charge on any atom is -0.333 e. The number of hydrogen-bond acceptors (Lipinski definition) is 3. The van der Waals surface area contributed by atoms with Gasteiger partial charge < -0.3 is 15.5 Å². The molecule has 1 saturated heterocycles. The molecule has 7 heteroatoms. The number of amides is 3. The van der Waals surface area contributed by atoms with Gasteiger partial charge in [0.25, 0.3) is 0 Å². The molecule has 26 heavy (non-hydrogen) atoms. The van der Waals surface area contributed by atoms with E-state index in [9.17, 15) is 14.4 Å². The van der Waals surface area contributed by atoms with Crippen molar-refractivity contribution in [3.63, 3.8) is 0 Å². The van der Waals surface area contributed by atoms with Crippen LogP contribution in [0.2, 0.25) is 5.02 Å². The van der Waals surface area contributed by atoms with Crippen LogP contribution in [-0.4, -0.2) is 30.3 Å². The molecule has 3 amide bonds. The Bertz CT molecular complexity index is 851. The molecule has 0 aliphatic carbocycles. The van der Waals surface area contributed by atoms with Gasteiger partial charge in [0.1, 0.15) is 0 Å². The van der Waals surface area contributed by atoms with Gasteiger partial charge in [-0.2, -0.15) is 0 Å². The van der Waals surface area contributed by atoms with E-state index in [1.807, 2.05) is 0 Å². The Hall–Kier alpha value is -2.86. The molecule has 0 aromatic heterocycles. The van der Waals surface area contributed by atoms with E-state index in [-0.39, 0.29) is 24.2 Å². The highest BCUT2D eigenvalue weighted by molar-refractivity contribution is 6.30. The lowest BCUT2D eigenvalue weighted by Gasteiger charge is -2.17. The first kappa shape index (κ1) is 17.9. The molecule has 0 saturated carbocycles. The Labute approximate surface area is 156 Å². The molecular weight excluding hydrogens is 354 g/mol. The van der Waals surface area contributed by atoms with E-state index in [1.165, 1.54) is 6.92 Å². The highest BCUT2D eigenvalue weighted by Gasteiger charge is 2.31. The van der Waals surface area contributed by atoms with Crippen molar-refractivity contribution in [2.75, 3.05) is 16.8 Å². The second-order valence-corrected chi connectivity index (χ2v) is 6.55. The molecule has 2 aromatic carbocycles. The molecule has 3 rings (SSSR count). The number of Topliss-reactive ketones (excluding diaryl/α,β-unsaturated/α-hetero) is 1. The molecule has 0 radical (unpaired) electrons. The van der Waals surface area contributed by atoms with Gasteiger partial charge in [-0.1, -0.05) is 23.7 Å². The van der Waals surface area contributed by atoms with Gasteiger partial charge in [0.05, 0.1) is 6.04 Å². The zero-order valence-corrected chi connectivity index (χ0v) is 14.9. The van der Waals surface area contributed by atoms with Gasteiger partial charge in [-0.25, -0.2) is 4.79 Å². The fourth-order valence-electron chi connectivity index (χ4n) is 2.84. The van der Waals surface area contributed by atoms with Gasteiger partial charge in [0, 0.05) is 34.9 Å². The Morgan fingerprint density at radius 2 is 1.88 bits per heavy atom. The number of anilines is 2. The number of carbonyl (C=O) groups is 3. The van der Waals surface area contributed by atoms with Crippen LogP contribution in [0.4, 0.5) is 16.2 Å². The average molecular weight is 372 g/mol. The van der Waals surface area contributed by atoms with E-state index in [1.54, 1.807) is 53.4 Å². The molecular formula is C19H18ClN3O3. The number of nitrogens with zero attached hydrogens (tertiary/aromatic N) is 1. The number of nitrogens with one attached hydrogen (secondary N) is 2. The van der Waals surface area contributed by atoms with E-state index in [0.29, 0.717) is 22.8 Å². The molecule has 2 aromatic rings. The zero-order valence-electron chi connectivity index (χ0n) is 14.2. The first-order chi connectivity index (χ1) is 12.4. The second-order valence-electron chi connectivity index (χ2n) is 6.12. The summed E-state index contributed by atoms with van der Waals surface area (Å²) >= 11 is 5.87. The van der Waals surface area contributed by atoms with Crippen molar-refractivity contribution in [1.29, 1.82) is 0 Å². The lowest BCUT2D eigenvalue weighted by Crippen LogP contribution is -2.39. The van der Waals surface area contributed by atoms with Crippen LogP contribution in [-0.2, 0) is 4.79 Å². The van der Waals surface area contributed by atoms with Gasteiger partial charge >= 0.3 is 6.03 Å². The molecule has 134 valence electrons. The van der Waals surface area contributed by atoms with Crippen LogP contribution >= 0.6 is 11.6 Å². The second kappa shape index (κ2) is 7.58. The van der Waals surface area contributed by atoms with E-state index >= 15 is 0 Å². The molecule has 0 spiro atoms. The lowest BCUT2D eigenvalue weighted by atomic mass is 10.1. The van der Waals surface area contributed by atoms with Crippen molar-refractivity contribution in [3.8, 4) is 0 Å². The van der Waals surface area contributed by atoms with Crippen molar-refractivity contribution >= 4 is 40.7 Å². The zero-order chi connectivity index (χ0) is 18.7. The highest BCUT2D eigenvalue weighted by atomic mass is 35.5. The third kappa shape index (κ3) is 4.21.